The van der Waals surface area contributed by atoms with Crippen LogP contribution in [-0.4, -0.2) is 34.8 Å². The molecule has 0 spiro atoms. The molecule has 0 unspecified atom stereocenters. The summed E-state index contributed by atoms with van der Waals surface area (Å²) in [5, 5.41) is 3.25. The van der Waals surface area contributed by atoms with Crippen molar-refractivity contribution in [2.75, 3.05) is 18.4 Å². The number of aromatic nitrogens is 1. The molecule has 23 heavy (non-hydrogen) atoms. The molecule has 0 radical (unpaired) electrons. The third-order valence-corrected chi connectivity index (χ3v) is 4.81. The van der Waals surface area contributed by atoms with Gasteiger partial charge in [0.05, 0.1) is 5.92 Å². The van der Waals surface area contributed by atoms with Gasteiger partial charge >= 0.3 is 6.18 Å². The molecule has 1 saturated heterocycles. The van der Waals surface area contributed by atoms with E-state index in [0.29, 0.717) is 19.5 Å². The molecule has 3 rings (SSSR count). The highest BCUT2D eigenvalue weighted by Gasteiger charge is 2.37. The van der Waals surface area contributed by atoms with Crippen LogP contribution in [-0.2, 0) is 15.8 Å². The highest BCUT2D eigenvalue weighted by atomic mass is 32.1. The quantitative estimate of drug-likeness (QED) is 0.914. The summed E-state index contributed by atoms with van der Waals surface area (Å²) < 4.78 is 37.5. The second-order valence-corrected chi connectivity index (χ2v) is 6.78. The SMILES string of the molecule is O=C(Nc1nc(C(F)(F)F)cs1)[C@@H]1CCCN(C(=O)C2CC2)C1. The molecule has 0 bridgehead atoms. The van der Waals surface area contributed by atoms with E-state index in [2.05, 4.69) is 10.3 Å². The lowest BCUT2D eigenvalue weighted by molar-refractivity contribution is -0.141. The molecule has 1 atom stereocenters. The Balaban J connectivity index is 1.59. The predicted molar refractivity (Wildman–Crippen MR) is 77.8 cm³/mol. The van der Waals surface area contributed by atoms with Crippen molar-refractivity contribution in [3.63, 3.8) is 0 Å². The molecule has 1 saturated carbocycles. The molecule has 2 aliphatic rings. The molecule has 9 heteroatoms. The maximum absolute atomic E-state index is 12.5. The van der Waals surface area contributed by atoms with E-state index in [1.165, 1.54) is 0 Å². The molecule has 1 aromatic heterocycles. The van der Waals surface area contributed by atoms with Crippen molar-refractivity contribution in [3.8, 4) is 0 Å². The van der Waals surface area contributed by atoms with Crippen LogP contribution in [0.3, 0.4) is 0 Å². The van der Waals surface area contributed by atoms with Crippen molar-refractivity contribution in [2.45, 2.75) is 31.9 Å². The van der Waals surface area contributed by atoms with Gasteiger partial charge in [0.25, 0.3) is 0 Å². The number of likely N-dealkylation sites (tertiary alicyclic amines) is 1. The van der Waals surface area contributed by atoms with Crippen molar-refractivity contribution in [1.29, 1.82) is 0 Å². The Labute approximate surface area is 134 Å². The van der Waals surface area contributed by atoms with Gasteiger partial charge in [-0.25, -0.2) is 4.98 Å². The Bertz CT molecular complexity index is 613. The molecular formula is C14H16F3N3O2S. The second kappa shape index (κ2) is 6.10. The Morgan fingerprint density at radius 1 is 1.26 bits per heavy atom. The van der Waals surface area contributed by atoms with Crippen LogP contribution in [0.1, 0.15) is 31.4 Å². The third-order valence-electron chi connectivity index (χ3n) is 4.06. The van der Waals surface area contributed by atoms with Gasteiger partial charge in [-0.1, -0.05) is 0 Å². The number of carbonyl (C=O) groups is 2. The maximum Gasteiger partial charge on any atom is 0.434 e. The van der Waals surface area contributed by atoms with Crippen LogP contribution in [0.2, 0.25) is 0 Å². The van der Waals surface area contributed by atoms with Gasteiger partial charge in [0.1, 0.15) is 0 Å². The van der Waals surface area contributed by atoms with Crippen molar-refractivity contribution in [2.24, 2.45) is 11.8 Å². The standard InChI is InChI=1S/C14H16F3N3O2S/c15-14(16,17)10-7-23-13(18-10)19-11(21)9-2-1-5-20(6-9)12(22)8-3-4-8/h7-9H,1-6H2,(H,18,19,21)/t9-/m1/s1. The minimum absolute atomic E-state index is 0.0621. The normalized spacial score (nSPS) is 22.0. The number of halogens is 3. The smallest absolute Gasteiger partial charge is 0.342 e. The number of thiazole rings is 1. The van der Waals surface area contributed by atoms with E-state index in [-0.39, 0.29) is 22.9 Å². The van der Waals surface area contributed by atoms with Crippen LogP contribution in [0.25, 0.3) is 0 Å². The van der Waals surface area contributed by atoms with Gasteiger partial charge in [0.15, 0.2) is 10.8 Å². The van der Waals surface area contributed by atoms with E-state index in [9.17, 15) is 22.8 Å². The Kier molecular flexibility index (Phi) is 4.31. The van der Waals surface area contributed by atoms with Crippen LogP contribution in [0, 0.1) is 11.8 Å². The molecule has 126 valence electrons. The fourth-order valence-electron chi connectivity index (χ4n) is 2.65. The van der Waals surface area contributed by atoms with E-state index in [4.69, 9.17) is 0 Å². The molecule has 2 heterocycles. The van der Waals surface area contributed by atoms with Crippen LogP contribution in [0.4, 0.5) is 18.3 Å². The summed E-state index contributed by atoms with van der Waals surface area (Å²) in [6.45, 7) is 0.979. The number of nitrogens with zero attached hydrogens (tertiary/aromatic N) is 2. The Morgan fingerprint density at radius 2 is 2.00 bits per heavy atom. The zero-order chi connectivity index (χ0) is 16.6. The lowest BCUT2D eigenvalue weighted by Gasteiger charge is -2.32. The molecule has 5 nitrogen and oxygen atoms in total. The van der Waals surface area contributed by atoms with E-state index in [1.54, 1.807) is 4.90 Å². The van der Waals surface area contributed by atoms with Gasteiger partial charge in [0, 0.05) is 24.4 Å². The number of hydrogen-bond acceptors (Lipinski definition) is 4. The Morgan fingerprint density at radius 3 is 2.61 bits per heavy atom. The molecule has 1 aliphatic carbocycles. The zero-order valence-electron chi connectivity index (χ0n) is 12.2. The minimum Gasteiger partial charge on any atom is -0.342 e. The molecular weight excluding hydrogens is 331 g/mol. The summed E-state index contributed by atoms with van der Waals surface area (Å²) in [5.74, 6) is -0.577. The lowest BCUT2D eigenvalue weighted by Crippen LogP contribution is -2.44. The van der Waals surface area contributed by atoms with Crippen molar-refractivity contribution in [3.05, 3.63) is 11.1 Å². The number of alkyl halides is 3. The van der Waals surface area contributed by atoms with Gasteiger partial charge < -0.3 is 10.2 Å². The van der Waals surface area contributed by atoms with Gasteiger partial charge in [-0.05, 0) is 25.7 Å². The first-order chi connectivity index (χ1) is 10.8. The van der Waals surface area contributed by atoms with Gasteiger partial charge in [-0.2, -0.15) is 13.2 Å². The number of piperidine rings is 1. The third kappa shape index (κ3) is 3.82. The zero-order valence-corrected chi connectivity index (χ0v) is 13.0. The summed E-state index contributed by atoms with van der Waals surface area (Å²) in [4.78, 5) is 29.4. The van der Waals surface area contributed by atoms with E-state index < -0.39 is 17.8 Å². The topological polar surface area (TPSA) is 62.3 Å². The summed E-state index contributed by atoms with van der Waals surface area (Å²) in [6.07, 6.45) is -1.35. The highest BCUT2D eigenvalue weighted by molar-refractivity contribution is 7.13. The molecule has 1 aromatic rings. The maximum atomic E-state index is 12.5. The average Bonchev–Trinajstić information content (AvgIpc) is 3.24. The van der Waals surface area contributed by atoms with Crippen LogP contribution in [0.15, 0.2) is 5.38 Å². The predicted octanol–water partition coefficient (Wildman–Crippen LogP) is 2.75. The second-order valence-electron chi connectivity index (χ2n) is 5.92. The molecule has 1 N–H and O–H groups in total. The fraction of sp³-hybridized carbons (Fsp3) is 0.643. The van der Waals surface area contributed by atoms with Crippen molar-refractivity contribution >= 4 is 28.3 Å². The Hall–Kier alpha value is -1.64. The fourth-order valence-corrected chi connectivity index (χ4v) is 3.37. The summed E-state index contributed by atoms with van der Waals surface area (Å²) in [5.41, 5.74) is -1.01. The van der Waals surface area contributed by atoms with Crippen molar-refractivity contribution < 1.29 is 22.8 Å². The van der Waals surface area contributed by atoms with Crippen LogP contribution >= 0.6 is 11.3 Å². The van der Waals surface area contributed by atoms with Crippen LogP contribution in [0.5, 0.6) is 0 Å². The number of nitrogens with one attached hydrogen (secondary N) is 1. The van der Waals surface area contributed by atoms with E-state index >= 15 is 0 Å². The molecule has 2 amide bonds. The number of rotatable bonds is 3. The first-order valence-electron chi connectivity index (χ1n) is 7.47. The number of anilines is 1. The molecule has 2 fully saturated rings. The first kappa shape index (κ1) is 16.2. The van der Waals surface area contributed by atoms with Gasteiger partial charge in [-0.15, -0.1) is 11.3 Å². The number of carbonyl (C=O) groups excluding carboxylic acids is 2. The summed E-state index contributed by atoms with van der Waals surface area (Å²) in [6, 6.07) is 0. The average molecular weight is 347 g/mol. The van der Waals surface area contributed by atoms with Crippen molar-refractivity contribution in [1.82, 2.24) is 9.88 Å². The largest absolute Gasteiger partial charge is 0.434 e. The minimum atomic E-state index is -4.52. The summed E-state index contributed by atoms with van der Waals surface area (Å²) >= 11 is 0.747. The van der Waals surface area contributed by atoms with Gasteiger partial charge in [-0.3, -0.25) is 9.59 Å². The van der Waals surface area contributed by atoms with Gasteiger partial charge in [0.2, 0.25) is 11.8 Å². The first-order valence-corrected chi connectivity index (χ1v) is 8.35. The highest BCUT2D eigenvalue weighted by Crippen LogP contribution is 2.33. The number of amides is 2. The van der Waals surface area contributed by atoms with E-state index in [0.717, 1.165) is 36.0 Å². The van der Waals surface area contributed by atoms with Crippen LogP contribution < -0.4 is 5.32 Å². The van der Waals surface area contributed by atoms with E-state index in [1.807, 2.05) is 0 Å². The lowest BCUT2D eigenvalue weighted by atomic mass is 9.97. The number of hydrogen-bond donors (Lipinski definition) is 1. The summed E-state index contributed by atoms with van der Waals surface area (Å²) in [7, 11) is 0. The molecule has 1 aliphatic heterocycles. The monoisotopic (exact) mass is 347 g/mol. The molecule has 0 aromatic carbocycles.